The van der Waals surface area contributed by atoms with Gasteiger partial charge >= 0.3 is 0 Å². The van der Waals surface area contributed by atoms with E-state index in [0.29, 0.717) is 11.8 Å². The first-order valence-electron chi connectivity index (χ1n) is 6.86. The maximum Gasteiger partial charge on any atom is 0.162 e. The van der Waals surface area contributed by atoms with Crippen LogP contribution in [0, 0.1) is 11.8 Å². The second-order valence-corrected chi connectivity index (χ2v) is 5.63. The molecule has 0 saturated heterocycles. The summed E-state index contributed by atoms with van der Waals surface area (Å²) in [6.45, 7) is 0.733. The van der Waals surface area contributed by atoms with Crippen LogP contribution in [0.2, 0.25) is 0 Å². The number of methoxy groups -OCH3 is 1. The fourth-order valence-electron chi connectivity index (χ4n) is 3.61. The second kappa shape index (κ2) is 4.81. The fraction of sp³-hybridized carbons (Fsp3) is 0.600. The average molecular weight is 247 g/mol. The van der Waals surface area contributed by atoms with Gasteiger partial charge in [0.15, 0.2) is 11.5 Å². The lowest BCUT2D eigenvalue weighted by atomic mass is 9.95. The van der Waals surface area contributed by atoms with Gasteiger partial charge in [-0.05, 0) is 37.2 Å². The van der Waals surface area contributed by atoms with Crippen molar-refractivity contribution in [3.05, 3.63) is 23.8 Å². The smallest absolute Gasteiger partial charge is 0.162 e. The van der Waals surface area contributed by atoms with E-state index < -0.39 is 0 Å². The van der Waals surface area contributed by atoms with E-state index in [2.05, 4.69) is 5.32 Å². The summed E-state index contributed by atoms with van der Waals surface area (Å²) in [5, 5.41) is 13.6. The van der Waals surface area contributed by atoms with Gasteiger partial charge in [-0.1, -0.05) is 18.6 Å². The Kier molecular flexibility index (Phi) is 3.16. The van der Waals surface area contributed by atoms with E-state index in [1.807, 2.05) is 12.1 Å². The zero-order valence-corrected chi connectivity index (χ0v) is 10.9. The molecule has 18 heavy (non-hydrogen) atoms. The van der Waals surface area contributed by atoms with Crippen LogP contribution < -0.4 is 10.1 Å². The minimum absolute atomic E-state index is 0.274. The maximum atomic E-state index is 10.0. The molecule has 0 heterocycles. The summed E-state index contributed by atoms with van der Waals surface area (Å²) in [5.74, 6) is 2.65. The number of phenols is 1. The molecule has 98 valence electrons. The zero-order chi connectivity index (χ0) is 12.5. The summed E-state index contributed by atoms with van der Waals surface area (Å²) in [5.41, 5.74) is 0.928. The van der Waals surface area contributed by atoms with Crippen molar-refractivity contribution in [2.45, 2.75) is 38.3 Å². The molecule has 0 radical (unpaired) electrons. The fourth-order valence-corrected chi connectivity index (χ4v) is 3.61. The number of hydrogen-bond donors (Lipinski definition) is 2. The lowest BCUT2D eigenvalue weighted by Gasteiger charge is -2.23. The molecule has 3 atom stereocenters. The number of phenolic OH excluding ortho intramolecular Hbond substituents is 1. The third-order valence-corrected chi connectivity index (χ3v) is 4.60. The number of aromatic hydroxyl groups is 1. The molecule has 3 nitrogen and oxygen atoms in total. The minimum atomic E-state index is 0.274. The molecule has 2 aliphatic rings. The quantitative estimate of drug-likeness (QED) is 0.859. The van der Waals surface area contributed by atoms with Crippen molar-refractivity contribution in [1.29, 1.82) is 0 Å². The normalized spacial score (nSPS) is 29.7. The van der Waals surface area contributed by atoms with Gasteiger partial charge < -0.3 is 15.2 Å². The molecule has 2 N–H and O–H groups in total. The first-order valence-corrected chi connectivity index (χ1v) is 6.86. The van der Waals surface area contributed by atoms with Crippen LogP contribution in [0.1, 0.15) is 31.2 Å². The summed E-state index contributed by atoms with van der Waals surface area (Å²) in [7, 11) is 1.59. The summed E-state index contributed by atoms with van der Waals surface area (Å²) in [4.78, 5) is 0. The van der Waals surface area contributed by atoms with Crippen molar-refractivity contribution < 1.29 is 9.84 Å². The summed E-state index contributed by atoms with van der Waals surface area (Å²) < 4.78 is 5.13. The highest BCUT2D eigenvalue weighted by atomic mass is 16.5. The molecule has 2 fully saturated rings. The largest absolute Gasteiger partial charge is 0.504 e. The molecule has 1 aromatic rings. The van der Waals surface area contributed by atoms with Gasteiger partial charge in [-0.15, -0.1) is 0 Å². The van der Waals surface area contributed by atoms with Gasteiger partial charge in [-0.25, -0.2) is 0 Å². The van der Waals surface area contributed by atoms with Gasteiger partial charge in [-0.2, -0.15) is 0 Å². The molecule has 3 heteroatoms. The molecule has 1 aromatic carbocycles. The molecule has 2 aliphatic carbocycles. The SMILES string of the molecule is COc1cccc(CNC2CC3CCC2C3)c1O. The van der Waals surface area contributed by atoms with E-state index in [0.717, 1.165) is 23.9 Å². The van der Waals surface area contributed by atoms with Gasteiger partial charge in [0.2, 0.25) is 0 Å². The summed E-state index contributed by atoms with van der Waals surface area (Å²) in [6, 6.07) is 6.32. The predicted molar refractivity (Wildman–Crippen MR) is 70.7 cm³/mol. The second-order valence-electron chi connectivity index (χ2n) is 5.63. The van der Waals surface area contributed by atoms with E-state index in [4.69, 9.17) is 4.74 Å². The van der Waals surface area contributed by atoms with Crippen LogP contribution in [-0.4, -0.2) is 18.3 Å². The molecular weight excluding hydrogens is 226 g/mol. The van der Waals surface area contributed by atoms with Gasteiger partial charge in [0, 0.05) is 18.2 Å². The number of fused-ring (bicyclic) bond motifs is 2. The standard InChI is InChI=1S/C15H21NO2/c1-18-14-4-2-3-12(15(14)17)9-16-13-8-10-5-6-11(13)7-10/h2-4,10-11,13,16-17H,5-9H2,1H3. The molecule has 0 aromatic heterocycles. The molecule has 0 aliphatic heterocycles. The molecular formula is C15H21NO2. The van der Waals surface area contributed by atoms with Crippen molar-refractivity contribution in [1.82, 2.24) is 5.32 Å². The Morgan fingerprint density at radius 1 is 1.33 bits per heavy atom. The average Bonchev–Trinajstić information content (AvgIpc) is 3.00. The van der Waals surface area contributed by atoms with Gasteiger partial charge in [0.25, 0.3) is 0 Å². The topological polar surface area (TPSA) is 41.5 Å². The van der Waals surface area contributed by atoms with Crippen LogP contribution in [0.15, 0.2) is 18.2 Å². The Bertz CT molecular complexity index is 433. The van der Waals surface area contributed by atoms with E-state index in [1.54, 1.807) is 13.2 Å². The maximum absolute atomic E-state index is 10.0. The highest BCUT2D eigenvalue weighted by Crippen LogP contribution is 2.44. The number of ether oxygens (including phenoxy) is 1. The van der Waals surface area contributed by atoms with Crippen LogP contribution in [0.25, 0.3) is 0 Å². The van der Waals surface area contributed by atoms with Crippen LogP contribution in [0.4, 0.5) is 0 Å². The van der Waals surface area contributed by atoms with Crippen LogP contribution in [0.5, 0.6) is 11.5 Å². The first kappa shape index (κ1) is 11.8. The lowest BCUT2D eigenvalue weighted by molar-refractivity contribution is 0.343. The van der Waals surface area contributed by atoms with Crippen molar-refractivity contribution in [2.75, 3.05) is 7.11 Å². The third kappa shape index (κ3) is 2.07. The van der Waals surface area contributed by atoms with Crippen LogP contribution in [-0.2, 0) is 6.54 Å². The van der Waals surface area contributed by atoms with Crippen molar-refractivity contribution in [3.63, 3.8) is 0 Å². The van der Waals surface area contributed by atoms with Gasteiger partial charge in [0.05, 0.1) is 7.11 Å². The van der Waals surface area contributed by atoms with Crippen molar-refractivity contribution in [3.8, 4) is 11.5 Å². The lowest BCUT2D eigenvalue weighted by Crippen LogP contribution is -2.33. The minimum Gasteiger partial charge on any atom is -0.504 e. The van der Waals surface area contributed by atoms with E-state index in [9.17, 15) is 5.11 Å². The van der Waals surface area contributed by atoms with Crippen LogP contribution in [0.3, 0.4) is 0 Å². The molecule has 3 rings (SSSR count). The predicted octanol–water partition coefficient (Wildman–Crippen LogP) is 2.68. The first-order chi connectivity index (χ1) is 8.78. The van der Waals surface area contributed by atoms with Gasteiger partial charge in [-0.3, -0.25) is 0 Å². The highest BCUT2D eigenvalue weighted by molar-refractivity contribution is 5.45. The molecule has 0 amide bonds. The molecule has 3 unspecified atom stereocenters. The van der Waals surface area contributed by atoms with Crippen LogP contribution >= 0.6 is 0 Å². The van der Waals surface area contributed by atoms with Gasteiger partial charge in [0.1, 0.15) is 0 Å². The summed E-state index contributed by atoms with van der Waals surface area (Å²) in [6.07, 6.45) is 5.52. The zero-order valence-electron chi connectivity index (χ0n) is 10.9. The molecule has 0 spiro atoms. The Morgan fingerprint density at radius 3 is 2.89 bits per heavy atom. The van der Waals surface area contributed by atoms with E-state index in [-0.39, 0.29) is 5.75 Å². The Balaban J connectivity index is 1.63. The van der Waals surface area contributed by atoms with E-state index in [1.165, 1.54) is 25.7 Å². The number of hydrogen-bond acceptors (Lipinski definition) is 3. The summed E-state index contributed by atoms with van der Waals surface area (Å²) >= 11 is 0. The van der Waals surface area contributed by atoms with Crippen molar-refractivity contribution in [2.24, 2.45) is 11.8 Å². The number of nitrogens with one attached hydrogen (secondary N) is 1. The number of benzene rings is 1. The van der Waals surface area contributed by atoms with E-state index >= 15 is 0 Å². The molecule has 2 saturated carbocycles. The third-order valence-electron chi connectivity index (χ3n) is 4.60. The van der Waals surface area contributed by atoms with Crippen molar-refractivity contribution >= 4 is 0 Å². The Labute approximate surface area is 108 Å². The Morgan fingerprint density at radius 2 is 2.22 bits per heavy atom. The number of para-hydroxylation sites is 1. The monoisotopic (exact) mass is 247 g/mol. The number of rotatable bonds is 4. The Hall–Kier alpha value is -1.22. The molecule has 2 bridgehead atoms. The highest BCUT2D eigenvalue weighted by Gasteiger charge is 2.39.